The average molecular weight is 198 g/mol. The fraction of sp³-hybridized carbons (Fsp3) is 0.636. The number of aliphatic hydroxyl groups is 2. The van der Waals surface area contributed by atoms with Crippen molar-refractivity contribution in [2.75, 3.05) is 6.61 Å². The van der Waals surface area contributed by atoms with Gasteiger partial charge in [-0.2, -0.15) is 0 Å². The third-order valence-corrected chi connectivity index (χ3v) is 2.20. The van der Waals surface area contributed by atoms with Crippen molar-refractivity contribution in [2.24, 2.45) is 0 Å². The van der Waals surface area contributed by atoms with Crippen molar-refractivity contribution in [3.05, 3.63) is 23.7 Å². The molecule has 1 aromatic rings. The standard InChI is InChI=1S/C11H18O3/c12-8-4-2-1-3-5-10-6-7-11(9-13)14-10/h6-7,12-13H,1-5,8-9H2. The van der Waals surface area contributed by atoms with E-state index in [0.29, 0.717) is 5.76 Å². The van der Waals surface area contributed by atoms with Crippen LogP contribution in [0, 0.1) is 0 Å². The first-order chi connectivity index (χ1) is 6.86. The highest BCUT2D eigenvalue weighted by atomic mass is 16.4. The molecular formula is C11H18O3. The zero-order chi connectivity index (χ0) is 10.2. The largest absolute Gasteiger partial charge is 0.464 e. The highest BCUT2D eigenvalue weighted by molar-refractivity contribution is 5.06. The van der Waals surface area contributed by atoms with Crippen LogP contribution in [0.25, 0.3) is 0 Å². The Morgan fingerprint density at radius 3 is 2.29 bits per heavy atom. The van der Waals surface area contributed by atoms with Gasteiger partial charge in [0.2, 0.25) is 0 Å². The van der Waals surface area contributed by atoms with Gasteiger partial charge in [0.1, 0.15) is 18.1 Å². The molecule has 1 heterocycles. The first kappa shape index (κ1) is 11.3. The number of unbranched alkanes of at least 4 members (excludes halogenated alkanes) is 3. The number of rotatable bonds is 7. The lowest BCUT2D eigenvalue weighted by molar-refractivity contribution is 0.243. The highest BCUT2D eigenvalue weighted by Gasteiger charge is 2.00. The van der Waals surface area contributed by atoms with Gasteiger partial charge in [-0.05, 0) is 25.0 Å². The predicted octanol–water partition coefficient (Wildman–Crippen LogP) is 1.87. The van der Waals surface area contributed by atoms with Gasteiger partial charge in [0, 0.05) is 13.0 Å². The minimum Gasteiger partial charge on any atom is -0.464 e. The van der Waals surface area contributed by atoms with E-state index in [9.17, 15) is 0 Å². The Morgan fingerprint density at radius 1 is 0.929 bits per heavy atom. The molecule has 0 saturated heterocycles. The van der Waals surface area contributed by atoms with Crippen molar-refractivity contribution >= 4 is 0 Å². The maximum atomic E-state index is 8.77. The number of aliphatic hydroxyl groups excluding tert-OH is 2. The molecule has 1 aromatic heterocycles. The molecule has 14 heavy (non-hydrogen) atoms. The molecular weight excluding hydrogens is 180 g/mol. The Balaban J connectivity index is 2.12. The van der Waals surface area contributed by atoms with Crippen LogP contribution < -0.4 is 0 Å². The van der Waals surface area contributed by atoms with Crippen molar-refractivity contribution in [3.63, 3.8) is 0 Å². The molecule has 0 aromatic carbocycles. The van der Waals surface area contributed by atoms with Crippen molar-refractivity contribution in [3.8, 4) is 0 Å². The summed E-state index contributed by atoms with van der Waals surface area (Å²) in [6.07, 6.45) is 5.09. The second-order valence-electron chi connectivity index (χ2n) is 3.41. The maximum absolute atomic E-state index is 8.77. The fourth-order valence-corrected chi connectivity index (χ4v) is 1.41. The Labute approximate surface area is 84.4 Å². The quantitative estimate of drug-likeness (QED) is 0.657. The monoisotopic (exact) mass is 198 g/mol. The molecule has 0 radical (unpaired) electrons. The van der Waals surface area contributed by atoms with Crippen LogP contribution in [-0.2, 0) is 13.0 Å². The van der Waals surface area contributed by atoms with E-state index >= 15 is 0 Å². The van der Waals surface area contributed by atoms with E-state index in [1.54, 1.807) is 0 Å². The van der Waals surface area contributed by atoms with Gasteiger partial charge in [0.05, 0.1) is 0 Å². The molecule has 1 rings (SSSR count). The zero-order valence-electron chi connectivity index (χ0n) is 8.41. The van der Waals surface area contributed by atoms with Crippen molar-refractivity contribution in [1.82, 2.24) is 0 Å². The predicted molar refractivity (Wildman–Crippen MR) is 53.9 cm³/mol. The molecule has 80 valence electrons. The second-order valence-corrected chi connectivity index (χ2v) is 3.41. The van der Waals surface area contributed by atoms with Crippen LogP contribution in [0.15, 0.2) is 16.5 Å². The summed E-state index contributed by atoms with van der Waals surface area (Å²) in [5, 5.41) is 17.3. The first-order valence-corrected chi connectivity index (χ1v) is 5.16. The van der Waals surface area contributed by atoms with Crippen molar-refractivity contribution in [2.45, 2.75) is 38.7 Å². The lowest BCUT2D eigenvalue weighted by Crippen LogP contribution is -1.86. The van der Waals surface area contributed by atoms with E-state index < -0.39 is 0 Å². The van der Waals surface area contributed by atoms with Gasteiger partial charge >= 0.3 is 0 Å². The Bertz CT molecular complexity index is 242. The number of hydrogen-bond donors (Lipinski definition) is 2. The van der Waals surface area contributed by atoms with Crippen LogP contribution in [0.3, 0.4) is 0 Å². The van der Waals surface area contributed by atoms with Crippen LogP contribution in [0.1, 0.15) is 37.2 Å². The minimum absolute atomic E-state index is 0.0233. The first-order valence-electron chi connectivity index (χ1n) is 5.16. The number of furan rings is 1. The van der Waals surface area contributed by atoms with Gasteiger partial charge in [-0.15, -0.1) is 0 Å². The van der Waals surface area contributed by atoms with Crippen LogP contribution in [0.4, 0.5) is 0 Å². The lowest BCUT2D eigenvalue weighted by Gasteiger charge is -1.97. The summed E-state index contributed by atoms with van der Waals surface area (Å²) in [6.45, 7) is 0.264. The van der Waals surface area contributed by atoms with E-state index in [-0.39, 0.29) is 13.2 Å². The Morgan fingerprint density at radius 2 is 1.64 bits per heavy atom. The van der Waals surface area contributed by atoms with E-state index in [4.69, 9.17) is 14.6 Å². The Hall–Kier alpha value is -0.800. The molecule has 0 unspecified atom stereocenters. The summed E-state index contributed by atoms with van der Waals surface area (Å²) >= 11 is 0. The van der Waals surface area contributed by atoms with Crippen LogP contribution in [0.5, 0.6) is 0 Å². The van der Waals surface area contributed by atoms with Gasteiger partial charge in [-0.1, -0.05) is 12.8 Å². The van der Waals surface area contributed by atoms with Crippen LogP contribution in [0.2, 0.25) is 0 Å². The molecule has 0 spiro atoms. The molecule has 0 fully saturated rings. The lowest BCUT2D eigenvalue weighted by atomic mass is 10.1. The highest BCUT2D eigenvalue weighted by Crippen LogP contribution is 2.11. The van der Waals surface area contributed by atoms with E-state index in [1.807, 2.05) is 12.1 Å². The summed E-state index contributed by atoms with van der Waals surface area (Å²) in [5.41, 5.74) is 0. The smallest absolute Gasteiger partial charge is 0.129 e. The normalized spacial score (nSPS) is 10.7. The van der Waals surface area contributed by atoms with Crippen LogP contribution >= 0.6 is 0 Å². The summed E-state index contributed by atoms with van der Waals surface area (Å²) in [7, 11) is 0. The molecule has 0 amide bonds. The van der Waals surface area contributed by atoms with Gasteiger partial charge in [-0.25, -0.2) is 0 Å². The van der Waals surface area contributed by atoms with Crippen molar-refractivity contribution < 1.29 is 14.6 Å². The zero-order valence-corrected chi connectivity index (χ0v) is 8.41. The Kier molecular flexibility index (Phi) is 5.33. The van der Waals surface area contributed by atoms with Gasteiger partial charge in [-0.3, -0.25) is 0 Å². The van der Waals surface area contributed by atoms with E-state index in [2.05, 4.69) is 0 Å². The fourth-order valence-electron chi connectivity index (χ4n) is 1.41. The minimum atomic E-state index is -0.0233. The number of aryl methyl sites for hydroxylation is 1. The maximum Gasteiger partial charge on any atom is 0.129 e. The summed E-state index contributed by atoms with van der Waals surface area (Å²) in [6, 6.07) is 3.72. The summed E-state index contributed by atoms with van der Waals surface area (Å²) in [4.78, 5) is 0. The van der Waals surface area contributed by atoms with Gasteiger partial charge in [0.15, 0.2) is 0 Å². The summed E-state index contributed by atoms with van der Waals surface area (Å²) < 4.78 is 5.34. The molecule has 0 aliphatic heterocycles. The van der Waals surface area contributed by atoms with E-state index in [0.717, 1.165) is 37.9 Å². The third-order valence-electron chi connectivity index (χ3n) is 2.20. The molecule has 0 saturated carbocycles. The molecule has 2 N–H and O–H groups in total. The topological polar surface area (TPSA) is 53.6 Å². The molecule has 3 heteroatoms. The molecule has 0 atom stereocenters. The van der Waals surface area contributed by atoms with Crippen molar-refractivity contribution in [1.29, 1.82) is 0 Å². The van der Waals surface area contributed by atoms with Crippen LogP contribution in [-0.4, -0.2) is 16.8 Å². The molecule has 0 aliphatic rings. The molecule has 3 nitrogen and oxygen atoms in total. The third kappa shape index (κ3) is 3.94. The van der Waals surface area contributed by atoms with Gasteiger partial charge < -0.3 is 14.6 Å². The SMILES string of the molecule is OCCCCCCc1ccc(CO)o1. The van der Waals surface area contributed by atoms with Gasteiger partial charge in [0.25, 0.3) is 0 Å². The van der Waals surface area contributed by atoms with E-state index in [1.165, 1.54) is 0 Å². The number of hydrogen-bond acceptors (Lipinski definition) is 3. The average Bonchev–Trinajstić information content (AvgIpc) is 2.65. The molecule has 0 aliphatic carbocycles. The second kappa shape index (κ2) is 6.62. The summed E-state index contributed by atoms with van der Waals surface area (Å²) in [5.74, 6) is 1.58. The molecule has 0 bridgehead atoms.